The van der Waals surface area contributed by atoms with Crippen molar-refractivity contribution in [3.05, 3.63) is 59.6 Å². The van der Waals surface area contributed by atoms with Crippen LogP contribution in [0.1, 0.15) is 53.3 Å². The van der Waals surface area contributed by atoms with E-state index >= 15 is 0 Å². The molecule has 2 aliphatic rings. The third-order valence-electron chi connectivity index (χ3n) is 4.98. The van der Waals surface area contributed by atoms with Gasteiger partial charge in [-0.15, -0.1) is 0 Å². The van der Waals surface area contributed by atoms with E-state index in [9.17, 15) is 4.79 Å². The Kier molecular flexibility index (Phi) is 3.38. The SMILES string of the molecule is CCOC(=O)c1ncnc2c1Cc1cnc(C3CC3)n1-c1ccccc1-2. The summed E-state index contributed by atoms with van der Waals surface area (Å²) in [5.74, 6) is 1.22. The van der Waals surface area contributed by atoms with Crippen molar-refractivity contribution < 1.29 is 9.53 Å². The second-order valence-corrected chi connectivity index (χ2v) is 6.68. The number of hydrogen-bond donors (Lipinski definition) is 0. The number of imidazole rings is 1. The minimum atomic E-state index is -0.404. The number of rotatable bonds is 3. The highest BCUT2D eigenvalue weighted by atomic mass is 16.5. The third kappa shape index (κ3) is 2.25. The van der Waals surface area contributed by atoms with E-state index in [0.29, 0.717) is 24.6 Å². The summed E-state index contributed by atoms with van der Waals surface area (Å²) in [4.78, 5) is 25.9. The van der Waals surface area contributed by atoms with Crippen molar-refractivity contribution in [3.8, 4) is 16.9 Å². The van der Waals surface area contributed by atoms with Gasteiger partial charge < -0.3 is 4.74 Å². The summed E-state index contributed by atoms with van der Waals surface area (Å²) in [6.45, 7) is 2.11. The average Bonchev–Trinajstić information content (AvgIpc) is 3.44. The highest BCUT2D eigenvalue weighted by Gasteiger charge is 2.33. The molecule has 3 heterocycles. The number of ether oxygens (including phenoxy) is 1. The fraction of sp³-hybridized carbons (Fsp3) is 0.300. The van der Waals surface area contributed by atoms with Gasteiger partial charge in [-0.3, -0.25) is 4.57 Å². The number of hydrogen-bond acceptors (Lipinski definition) is 5. The summed E-state index contributed by atoms with van der Waals surface area (Å²) >= 11 is 0. The summed E-state index contributed by atoms with van der Waals surface area (Å²) < 4.78 is 7.45. The fourth-order valence-electron chi connectivity index (χ4n) is 3.67. The molecule has 26 heavy (non-hydrogen) atoms. The second-order valence-electron chi connectivity index (χ2n) is 6.68. The Hall–Kier alpha value is -3.02. The lowest BCUT2D eigenvalue weighted by atomic mass is 10.0. The molecular weight excluding hydrogens is 328 g/mol. The zero-order chi connectivity index (χ0) is 17.7. The molecule has 6 heteroatoms. The fourth-order valence-corrected chi connectivity index (χ4v) is 3.67. The summed E-state index contributed by atoms with van der Waals surface area (Å²) in [6.07, 6.45) is 6.28. The van der Waals surface area contributed by atoms with Gasteiger partial charge in [0.05, 0.1) is 18.0 Å². The van der Waals surface area contributed by atoms with Crippen molar-refractivity contribution in [2.45, 2.75) is 32.1 Å². The van der Waals surface area contributed by atoms with Gasteiger partial charge in [-0.05, 0) is 25.8 Å². The maximum absolute atomic E-state index is 12.4. The first kappa shape index (κ1) is 15.3. The van der Waals surface area contributed by atoms with Crippen LogP contribution in [0.25, 0.3) is 16.9 Å². The van der Waals surface area contributed by atoms with Crippen LogP contribution in [-0.4, -0.2) is 32.1 Å². The van der Waals surface area contributed by atoms with E-state index in [1.165, 1.54) is 19.2 Å². The largest absolute Gasteiger partial charge is 0.461 e. The Bertz CT molecular complexity index is 1020. The van der Waals surface area contributed by atoms with Crippen LogP contribution in [0.5, 0.6) is 0 Å². The summed E-state index contributed by atoms with van der Waals surface area (Å²) in [5, 5.41) is 0. The molecule has 1 aromatic carbocycles. The highest BCUT2D eigenvalue weighted by molar-refractivity contribution is 5.92. The van der Waals surface area contributed by atoms with Crippen molar-refractivity contribution >= 4 is 5.97 Å². The molecule has 0 radical (unpaired) electrons. The smallest absolute Gasteiger partial charge is 0.357 e. The lowest BCUT2D eigenvalue weighted by molar-refractivity contribution is 0.0518. The maximum atomic E-state index is 12.4. The van der Waals surface area contributed by atoms with E-state index in [4.69, 9.17) is 9.72 Å². The molecule has 1 fully saturated rings. The molecule has 0 unspecified atom stereocenters. The summed E-state index contributed by atoms with van der Waals surface area (Å²) in [7, 11) is 0. The average molecular weight is 346 g/mol. The zero-order valence-electron chi connectivity index (χ0n) is 14.5. The van der Waals surface area contributed by atoms with E-state index < -0.39 is 5.97 Å². The monoisotopic (exact) mass is 346 g/mol. The van der Waals surface area contributed by atoms with Gasteiger partial charge in [-0.25, -0.2) is 19.7 Å². The van der Waals surface area contributed by atoms with Gasteiger partial charge in [0.2, 0.25) is 0 Å². The maximum Gasteiger partial charge on any atom is 0.357 e. The minimum Gasteiger partial charge on any atom is -0.461 e. The molecule has 5 rings (SSSR count). The van der Waals surface area contributed by atoms with Crippen LogP contribution in [0.3, 0.4) is 0 Å². The molecule has 1 aliphatic heterocycles. The first-order chi connectivity index (χ1) is 12.8. The number of esters is 1. The number of para-hydroxylation sites is 1. The molecule has 2 aromatic heterocycles. The predicted molar refractivity (Wildman–Crippen MR) is 95.3 cm³/mol. The third-order valence-corrected chi connectivity index (χ3v) is 4.98. The van der Waals surface area contributed by atoms with Gasteiger partial charge in [0.1, 0.15) is 12.2 Å². The number of fused-ring (bicyclic) bond motifs is 5. The van der Waals surface area contributed by atoms with Crippen molar-refractivity contribution in [1.29, 1.82) is 0 Å². The molecule has 130 valence electrons. The summed E-state index contributed by atoms with van der Waals surface area (Å²) in [5.41, 5.74) is 5.06. The molecule has 0 N–H and O–H groups in total. The number of aromatic nitrogens is 4. The Morgan fingerprint density at radius 3 is 2.88 bits per heavy atom. The van der Waals surface area contributed by atoms with Crippen molar-refractivity contribution in [3.63, 3.8) is 0 Å². The van der Waals surface area contributed by atoms with Gasteiger partial charge in [0.25, 0.3) is 0 Å². The van der Waals surface area contributed by atoms with Crippen LogP contribution in [0.4, 0.5) is 0 Å². The Balaban J connectivity index is 1.78. The quantitative estimate of drug-likeness (QED) is 0.532. The summed E-state index contributed by atoms with van der Waals surface area (Å²) in [6, 6.07) is 8.15. The van der Waals surface area contributed by atoms with Crippen LogP contribution in [0, 0.1) is 0 Å². The normalized spacial score (nSPS) is 14.8. The number of nitrogens with zero attached hydrogens (tertiary/aromatic N) is 4. The van der Waals surface area contributed by atoms with Crippen LogP contribution in [0.15, 0.2) is 36.8 Å². The van der Waals surface area contributed by atoms with E-state index in [0.717, 1.165) is 34.0 Å². The van der Waals surface area contributed by atoms with Gasteiger partial charge in [0, 0.05) is 35.4 Å². The van der Waals surface area contributed by atoms with Crippen LogP contribution in [-0.2, 0) is 11.2 Å². The number of carbonyl (C=O) groups excluding carboxylic acids is 1. The first-order valence-corrected chi connectivity index (χ1v) is 8.95. The minimum absolute atomic E-state index is 0.317. The Morgan fingerprint density at radius 1 is 1.23 bits per heavy atom. The van der Waals surface area contributed by atoms with Crippen molar-refractivity contribution in [2.24, 2.45) is 0 Å². The highest BCUT2D eigenvalue weighted by Crippen LogP contribution is 2.43. The molecule has 1 aliphatic carbocycles. The number of carbonyl (C=O) groups is 1. The van der Waals surface area contributed by atoms with Gasteiger partial charge in [-0.2, -0.15) is 0 Å². The molecule has 0 atom stereocenters. The van der Waals surface area contributed by atoms with Gasteiger partial charge >= 0.3 is 5.97 Å². The predicted octanol–water partition coefficient (Wildman–Crippen LogP) is 3.29. The first-order valence-electron chi connectivity index (χ1n) is 8.95. The van der Waals surface area contributed by atoms with E-state index in [1.54, 1.807) is 6.92 Å². The standard InChI is InChI=1S/C20H18N4O2/c1-2-26-20(25)18-15-9-13-10-21-19(12-7-8-12)24(13)16-6-4-3-5-14(16)17(15)22-11-23-18/h3-6,10-12H,2,7-9H2,1H3. The molecule has 6 nitrogen and oxygen atoms in total. The Labute approximate surface area is 150 Å². The lowest BCUT2D eigenvalue weighted by Crippen LogP contribution is -2.12. The lowest BCUT2D eigenvalue weighted by Gasteiger charge is -2.12. The van der Waals surface area contributed by atoms with Crippen molar-refractivity contribution in [2.75, 3.05) is 6.61 Å². The van der Waals surface area contributed by atoms with E-state index in [1.807, 2.05) is 24.4 Å². The molecular formula is C20H18N4O2. The van der Waals surface area contributed by atoms with E-state index in [-0.39, 0.29) is 0 Å². The molecule has 3 aromatic rings. The van der Waals surface area contributed by atoms with Crippen LogP contribution >= 0.6 is 0 Å². The number of benzene rings is 1. The molecule has 0 bridgehead atoms. The molecule has 0 amide bonds. The van der Waals surface area contributed by atoms with Crippen LogP contribution in [0.2, 0.25) is 0 Å². The molecule has 0 spiro atoms. The topological polar surface area (TPSA) is 69.9 Å². The second kappa shape index (κ2) is 5.76. The van der Waals surface area contributed by atoms with E-state index in [2.05, 4.69) is 20.6 Å². The molecule has 0 saturated heterocycles. The molecule has 1 saturated carbocycles. The zero-order valence-corrected chi connectivity index (χ0v) is 14.5. The Morgan fingerprint density at radius 2 is 2.08 bits per heavy atom. The van der Waals surface area contributed by atoms with Gasteiger partial charge in [-0.1, -0.05) is 18.2 Å². The van der Waals surface area contributed by atoms with Crippen LogP contribution < -0.4 is 0 Å². The van der Waals surface area contributed by atoms with Crippen molar-refractivity contribution in [1.82, 2.24) is 19.5 Å². The van der Waals surface area contributed by atoms with Gasteiger partial charge in [0.15, 0.2) is 5.69 Å².